The van der Waals surface area contributed by atoms with Crippen molar-refractivity contribution in [3.05, 3.63) is 46.8 Å². The third-order valence-corrected chi connectivity index (χ3v) is 3.53. The van der Waals surface area contributed by atoms with Gasteiger partial charge in [-0.1, -0.05) is 17.3 Å². The van der Waals surface area contributed by atoms with Gasteiger partial charge in [0.25, 0.3) is 0 Å². The van der Waals surface area contributed by atoms with Crippen LogP contribution in [0.25, 0.3) is 0 Å². The lowest BCUT2D eigenvalue weighted by atomic mass is 10.1. The maximum Gasteiger partial charge on any atom is 0.418 e. The Morgan fingerprint density at radius 3 is 2.54 bits per heavy atom. The minimum atomic E-state index is -4.52. The number of rotatable bonds is 5. The minimum Gasteiger partial charge on any atom is -0.361 e. The summed E-state index contributed by atoms with van der Waals surface area (Å²) in [5, 5.41) is 6.14. The molecule has 0 atom stereocenters. The van der Waals surface area contributed by atoms with E-state index in [1.807, 2.05) is 0 Å². The van der Waals surface area contributed by atoms with Crippen molar-refractivity contribution in [3.8, 4) is 0 Å². The van der Waals surface area contributed by atoms with E-state index in [-0.39, 0.29) is 12.2 Å². The molecule has 1 N–H and O–H groups in total. The molecule has 8 heteroatoms. The molecule has 0 spiro atoms. The van der Waals surface area contributed by atoms with Crippen molar-refractivity contribution in [2.45, 2.75) is 26.6 Å². The Bertz CT molecular complexity index is 706. The summed E-state index contributed by atoms with van der Waals surface area (Å²) in [4.78, 5) is 13.7. The fraction of sp³-hybridized carbons (Fsp3) is 0.375. The van der Waals surface area contributed by atoms with Crippen LogP contribution in [0.1, 0.15) is 22.6 Å². The molecule has 0 saturated heterocycles. The third kappa shape index (κ3) is 4.35. The standard InChI is InChI=1S/C16H18F3N3O2/c1-10-12(11(2)24-21-10)8-22(3)9-15(23)20-14-7-5-4-6-13(14)16(17,18)19/h4-7H,8-9H2,1-3H3,(H,20,23). The summed E-state index contributed by atoms with van der Waals surface area (Å²) < 4.78 is 43.8. The lowest BCUT2D eigenvalue weighted by Crippen LogP contribution is -2.30. The van der Waals surface area contributed by atoms with E-state index in [4.69, 9.17) is 4.52 Å². The summed E-state index contributed by atoms with van der Waals surface area (Å²) in [5.74, 6) is 0.128. The zero-order valence-electron chi connectivity index (χ0n) is 13.6. The van der Waals surface area contributed by atoms with Crippen LogP contribution in [-0.2, 0) is 17.5 Å². The van der Waals surface area contributed by atoms with Crippen LogP contribution in [0.15, 0.2) is 28.8 Å². The van der Waals surface area contributed by atoms with Crippen molar-refractivity contribution in [1.82, 2.24) is 10.1 Å². The van der Waals surface area contributed by atoms with Crippen LogP contribution >= 0.6 is 0 Å². The number of hydrogen-bond acceptors (Lipinski definition) is 4. The number of para-hydroxylation sites is 1. The molecular formula is C16H18F3N3O2. The average molecular weight is 341 g/mol. The first-order valence-electron chi connectivity index (χ1n) is 7.25. The number of hydrogen-bond donors (Lipinski definition) is 1. The smallest absolute Gasteiger partial charge is 0.361 e. The van der Waals surface area contributed by atoms with Crippen LogP contribution in [0.4, 0.5) is 18.9 Å². The van der Waals surface area contributed by atoms with Gasteiger partial charge in [0.2, 0.25) is 5.91 Å². The van der Waals surface area contributed by atoms with E-state index in [1.54, 1.807) is 25.8 Å². The molecule has 1 aromatic carbocycles. The molecule has 0 radical (unpaired) electrons. The highest BCUT2D eigenvalue weighted by Gasteiger charge is 2.33. The van der Waals surface area contributed by atoms with Gasteiger partial charge in [0, 0.05) is 12.1 Å². The normalized spacial score (nSPS) is 11.8. The maximum absolute atomic E-state index is 12.9. The molecular weight excluding hydrogens is 323 g/mol. The van der Waals surface area contributed by atoms with E-state index >= 15 is 0 Å². The number of amides is 1. The number of alkyl halides is 3. The van der Waals surface area contributed by atoms with Gasteiger partial charge < -0.3 is 9.84 Å². The molecule has 2 rings (SSSR count). The van der Waals surface area contributed by atoms with Gasteiger partial charge >= 0.3 is 6.18 Å². The molecule has 0 aliphatic carbocycles. The number of halogens is 3. The molecule has 0 saturated carbocycles. The Balaban J connectivity index is 2.01. The summed E-state index contributed by atoms with van der Waals surface area (Å²) in [6.45, 7) is 3.91. The highest BCUT2D eigenvalue weighted by molar-refractivity contribution is 5.93. The van der Waals surface area contributed by atoms with Crippen LogP contribution in [0.5, 0.6) is 0 Å². The molecule has 1 aromatic heterocycles. The predicted octanol–water partition coefficient (Wildman–Crippen LogP) is 3.38. The molecule has 0 unspecified atom stereocenters. The summed E-state index contributed by atoms with van der Waals surface area (Å²) in [6, 6.07) is 4.89. The molecule has 1 heterocycles. The minimum absolute atomic E-state index is 0.0593. The zero-order valence-corrected chi connectivity index (χ0v) is 13.6. The van der Waals surface area contributed by atoms with Crippen molar-refractivity contribution in [2.75, 3.05) is 18.9 Å². The molecule has 0 fully saturated rings. The maximum atomic E-state index is 12.9. The second kappa shape index (κ2) is 7.04. The van der Waals surface area contributed by atoms with Crippen LogP contribution in [0.2, 0.25) is 0 Å². The first-order valence-corrected chi connectivity index (χ1v) is 7.25. The van der Waals surface area contributed by atoms with E-state index in [2.05, 4.69) is 10.5 Å². The van der Waals surface area contributed by atoms with Crippen molar-refractivity contribution in [2.24, 2.45) is 0 Å². The fourth-order valence-electron chi connectivity index (χ4n) is 2.33. The van der Waals surface area contributed by atoms with Gasteiger partial charge in [-0.15, -0.1) is 0 Å². The molecule has 2 aromatic rings. The predicted molar refractivity (Wildman–Crippen MR) is 82.4 cm³/mol. The van der Waals surface area contributed by atoms with E-state index in [0.29, 0.717) is 12.3 Å². The average Bonchev–Trinajstić information content (AvgIpc) is 2.78. The molecule has 1 amide bonds. The molecule has 0 aliphatic rings. The van der Waals surface area contributed by atoms with E-state index in [0.717, 1.165) is 17.3 Å². The molecule has 5 nitrogen and oxygen atoms in total. The van der Waals surface area contributed by atoms with Gasteiger partial charge in [-0.3, -0.25) is 9.69 Å². The van der Waals surface area contributed by atoms with Crippen LogP contribution in [0.3, 0.4) is 0 Å². The lowest BCUT2D eigenvalue weighted by Gasteiger charge is -2.18. The topological polar surface area (TPSA) is 58.4 Å². The van der Waals surface area contributed by atoms with Crippen LogP contribution in [-0.4, -0.2) is 29.6 Å². The molecule has 130 valence electrons. The number of benzene rings is 1. The fourth-order valence-corrected chi connectivity index (χ4v) is 2.33. The van der Waals surface area contributed by atoms with Gasteiger partial charge in [-0.25, -0.2) is 0 Å². The van der Waals surface area contributed by atoms with Gasteiger partial charge in [0.15, 0.2) is 0 Å². The number of nitrogens with one attached hydrogen (secondary N) is 1. The number of nitrogens with zero attached hydrogens (tertiary/aromatic N) is 2. The SMILES string of the molecule is Cc1noc(C)c1CN(C)CC(=O)Nc1ccccc1C(F)(F)F. The number of aromatic nitrogens is 1. The third-order valence-electron chi connectivity index (χ3n) is 3.53. The summed E-state index contributed by atoms with van der Waals surface area (Å²) in [6.07, 6.45) is -4.52. The highest BCUT2D eigenvalue weighted by atomic mass is 19.4. The Morgan fingerprint density at radius 2 is 1.96 bits per heavy atom. The van der Waals surface area contributed by atoms with E-state index < -0.39 is 17.6 Å². The Kier molecular flexibility index (Phi) is 5.28. The summed E-state index contributed by atoms with van der Waals surface area (Å²) >= 11 is 0. The second-order valence-electron chi connectivity index (χ2n) is 5.57. The Labute approximate surface area is 137 Å². The molecule has 0 bridgehead atoms. The van der Waals surface area contributed by atoms with Gasteiger partial charge in [-0.2, -0.15) is 13.2 Å². The number of likely N-dealkylation sites (N-methyl/N-ethyl adjacent to an activating group) is 1. The number of carbonyl (C=O) groups excluding carboxylic acids is 1. The number of carbonyl (C=O) groups is 1. The number of aryl methyl sites for hydroxylation is 2. The lowest BCUT2D eigenvalue weighted by molar-refractivity contribution is -0.137. The zero-order chi connectivity index (χ0) is 17.9. The highest BCUT2D eigenvalue weighted by Crippen LogP contribution is 2.34. The van der Waals surface area contributed by atoms with Crippen LogP contribution in [0, 0.1) is 13.8 Å². The summed E-state index contributed by atoms with van der Waals surface area (Å²) in [7, 11) is 1.70. The monoisotopic (exact) mass is 341 g/mol. The van der Waals surface area contributed by atoms with E-state index in [1.165, 1.54) is 18.2 Å². The first kappa shape index (κ1) is 18.0. The number of anilines is 1. The van der Waals surface area contributed by atoms with Crippen molar-refractivity contribution in [1.29, 1.82) is 0 Å². The van der Waals surface area contributed by atoms with Crippen molar-refractivity contribution < 1.29 is 22.5 Å². The second-order valence-corrected chi connectivity index (χ2v) is 5.57. The van der Waals surface area contributed by atoms with Gasteiger partial charge in [0.05, 0.1) is 23.5 Å². The summed E-state index contributed by atoms with van der Waals surface area (Å²) in [5.41, 5.74) is 0.468. The molecule has 24 heavy (non-hydrogen) atoms. The largest absolute Gasteiger partial charge is 0.418 e. The quantitative estimate of drug-likeness (QED) is 0.906. The van der Waals surface area contributed by atoms with Gasteiger partial charge in [0.1, 0.15) is 5.76 Å². The van der Waals surface area contributed by atoms with Crippen LogP contribution < -0.4 is 5.32 Å². The first-order chi connectivity index (χ1) is 11.2. The van der Waals surface area contributed by atoms with Crippen molar-refractivity contribution in [3.63, 3.8) is 0 Å². The van der Waals surface area contributed by atoms with Gasteiger partial charge in [-0.05, 0) is 33.0 Å². The van der Waals surface area contributed by atoms with Crippen molar-refractivity contribution >= 4 is 11.6 Å². The molecule has 0 aliphatic heterocycles. The van der Waals surface area contributed by atoms with E-state index in [9.17, 15) is 18.0 Å². The Hall–Kier alpha value is -2.35. The Morgan fingerprint density at radius 1 is 1.29 bits per heavy atom.